The van der Waals surface area contributed by atoms with Crippen molar-refractivity contribution in [1.29, 1.82) is 0 Å². The van der Waals surface area contributed by atoms with Crippen molar-refractivity contribution in [2.45, 2.75) is 32.1 Å². The van der Waals surface area contributed by atoms with Crippen LogP contribution in [0.15, 0.2) is 12.4 Å². The summed E-state index contributed by atoms with van der Waals surface area (Å²) in [5.74, 6) is 0.429. The largest absolute Gasteiger partial charge is 0.390 e. The molecule has 0 bridgehead atoms. The molecule has 7 heteroatoms. The van der Waals surface area contributed by atoms with Gasteiger partial charge in [-0.1, -0.05) is 0 Å². The predicted molar refractivity (Wildman–Crippen MR) is 57.9 cm³/mol. The summed E-state index contributed by atoms with van der Waals surface area (Å²) in [6, 6.07) is -0.00737. The normalized spacial score (nSPS) is 13.7. The van der Waals surface area contributed by atoms with E-state index in [-0.39, 0.29) is 12.6 Å². The van der Waals surface area contributed by atoms with Gasteiger partial charge in [-0.05, 0) is 6.92 Å². The summed E-state index contributed by atoms with van der Waals surface area (Å²) in [7, 11) is 1.56. The molecule has 0 saturated heterocycles. The fourth-order valence-corrected chi connectivity index (χ4v) is 1.39. The average Bonchev–Trinajstić information content (AvgIpc) is 2.61. The molecule has 1 unspecified atom stereocenters. The molecular formula is C10H16F3N3O. The lowest BCUT2D eigenvalue weighted by atomic mass is 10.4. The number of methoxy groups -OCH3 is 1. The number of anilines is 1. The topological polar surface area (TPSA) is 39.1 Å². The van der Waals surface area contributed by atoms with Crippen LogP contribution in [0, 0.1) is 0 Å². The number of rotatable bonds is 6. The van der Waals surface area contributed by atoms with Gasteiger partial charge in [-0.15, -0.1) is 0 Å². The van der Waals surface area contributed by atoms with Gasteiger partial charge in [0.15, 0.2) is 0 Å². The standard InChI is InChI=1S/C10H16F3N3O/c1-8(7-17-2)15-9-14-4-6-16(9)5-3-10(11,12)13/h4,6,8H,3,5,7H2,1-2H3,(H,14,15). The first-order valence-electron chi connectivity index (χ1n) is 5.25. The molecule has 0 saturated carbocycles. The Bertz CT molecular complexity index is 338. The number of halogens is 3. The number of ether oxygens (including phenoxy) is 1. The molecule has 0 radical (unpaired) electrons. The molecule has 1 rings (SSSR count). The molecule has 98 valence electrons. The Labute approximate surface area is 97.8 Å². The highest BCUT2D eigenvalue weighted by Crippen LogP contribution is 2.21. The van der Waals surface area contributed by atoms with Crippen molar-refractivity contribution < 1.29 is 17.9 Å². The van der Waals surface area contributed by atoms with Crippen LogP contribution in [0.5, 0.6) is 0 Å². The molecule has 1 atom stereocenters. The second-order valence-electron chi connectivity index (χ2n) is 3.81. The van der Waals surface area contributed by atoms with E-state index in [0.717, 1.165) is 0 Å². The molecule has 1 aromatic heterocycles. The van der Waals surface area contributed by atoms with Crippen LogP contribution >= 0.6 is 0 Å². The SMILES string of the molecule is COCC(C)Nc1nccn1CCC(F)(F)F. The number of alkyl halides is 3. The molecule has 0 aliphatic carbocycles. The third kappa shape index (κ3) is 5.08. The maximum Gasteiger partial charge on any atom is 0.390 e. The molecular weight excluding hydrogens is 235 g/mol. The molecule has 0 aliphatic rings. The van der Waals surface area contributed by atoms with E-state index in [1.165, 1.54) is 17.0 Å². The number of aromatic nitrogens is 2. The van der Waals surface area contributed by atoms with Crippen molar-refractivity contribution in [1.82, 2.24) is 9.55 Å². The number of aryl methyl sites for hydroxylation is 1. The summed E-state index contributed by atoms with van der Waals surface area (Å²) in [4.78, 5) is 3.97. The van der Waals surface area contributed by atoms with Gasteiger partial charge >= 0.3 is 6.18 Å². The van der Waals surface area contributed by atoms with Crippen molar-refractivity contribution >= 4 is 5.95 Å². The van der Waals surface area contributed by atoms with Crippen LogP contribution < -0.4 is 5.32 Å². The first-order chi connectivity index (χ1) is 7.92. The van der Waals surface area contributed by atoms with Gasteiger partial charge in [0, 0.05) is 32.1 Å². The number of nitrogens with zero attached hydrogens (tertiary/aromatic N) is 2. The van der Waals surface area contributed by atoms with Crippen LogP contribution in [0.1, 0.15) is 13.3 Å². The number of nitrogens with one attached hydrogen (secondary N) is 1. The molecule has 0 aromatic carbocycles. The van der Waals surface area contributed by atoms with Gasteiger partial charge in [0.2, 0.25) is 5.95 Å². The summed E-state index contributed by atoms with van der Waals surface area (Å²) in [5, 5.41) is 2.99. The molecule has 4 nitrogen and oxygen atoms in total. The maximum absolute atomic E-state index is 12.1. The van der Waals surface area contributed by atoms with Crippen LogP contribution in [-0.4, -0.2) is 35.5 Å². The van der Waals surface area contributed by atoms with Crippen LogP contribution in [0.3, 0.4) is 0 Å². The zero-order chi connectivity index (χ0) is 12.9. The molecule has 0 amide bonds. The monoisotopic (exact) mass is 251 g/mol. The van der Waals surface area contributed by atoms with E-state index < -0.39 is 12.6 Å². The van der Waals surface area contributed by atoms with E-state index in [0.29, 0.717) is 12.6 Å². The van der Waals surface area contributed by atoms with Gasteiger partial charge in [-0.3, -0.25) is 0 Å². The number of hydrogen-bond acceptors (Lipinski definition) is 3. The van der Waals surface area contributed by atoms with Crippen molar-refractivity contribution in [2.24, 2.45) is 0 Å². The summed E-state index contributed by atoms with van der Waals surface area (Å²) in [6.07, 6.45) is -2.03. The van der Waals surface area contributed by atoms with E-state index in [4.69, 9.17) is 4.74 Å². The molecule has 1 heterocycles. The minimum absolute atomic E-state index is 0.00737. The zero-order valence-electron chi connectivity index (χ0n) is 9.79. The van der Waals surface area contributed by atoms with E-state index in [1.54, 1.807) is 7.11 Å². The number of imidazole rings is 1. The second kappa shape index (κ2) is 5.90. The lowest BCUT2D eigenvalue weighted by molar-refractivity contribution is -0.136. The lowest BCUT2D eigenvalue weighted by Gasteiger charge is -2.15. The third-order valence-corrected chi connectivity index (χ3v) is 2.14. The van der Waals surface area contributed by atoms with Gasteiger partial charge in [0.1, 0.15) is 0 Å². The van der Waals surface area contributed by atoms with Crippen molar-refractivity contribution in [3.05, 3.63) is 12.4 Å². The minimum atomic E-state index is -4.15. The van der Waals surface area contributed by atoms with Crippen LogP contribution in [0.4, 0.5) is 19.1 Å². The maximum atomic E-state index is 12.1. The van der Waals surface area contributed by atoms with Crippen LogP contribution in [-0.2, 0) is 11.3 Å². The first-order valence-corrected chi connectivity index (χ1v) is 5.25. The van der Waals surface area contributed by atoms with Gasteiger partial charge in [0.25, 0.3) is 0 Å². The Balaban J connectivity index is 2.54. The minimum Gasteiger partial charge on any atom is -0.383 e. The Morgan fingerprint density at radius 3 is 2.82 bits per heavy atom. The summed E-state index contributed by atoms with van der Waals surface area (Å²) >= 11 is 0. The Morgan fingerprint density at radius 1 is 1.53 bits per heavy atom. The van der Waals surface area contributed by atoms with E-state index in [2.05, 4.69) is 10.3 Å². The summed E-state index contributed by atoms with van der Waals surface area (Å²) in [6.45, 7) is 2.20. The highest BCUT2D eigenvalue weighted by Gasteiger charge is 2.27. The van der Waals surface area contributed by atoms with Crippen LogP contribution in [0.25, 0.3) is 0 Å². The van der Waals surface area contributed by atoms with Gasteiger partial charge < -0.3 is 14.6 Å². The summed E-state index contributed by atoms with van der Waals surface area (Å²) < 4.78 is 42.6. The quantitative estimate of drug-likeness (QED) is 0.843. The Hall–Kier alpha value is -1.24. The predicted octanol–water partition coefficient (Wildman–Crippen LogP) is 2.28. The van der Waals surface area contributed by atoms with E-state index >= 15 is 0 Å². The average molecular weight is 251 g/mol. The van der Waals surface area contributed by atoms with Crippen LogP contribution in [0.2, 0.25) is 0 Å². The zero-order valence-corrected chi connectivity index (χ0v) is 9.79. The van der Waals surface area contributed by atoms with Gasteiger partial charge in [0.05, 0.1) is 13.0 Å². The molecule has 1 N–H and O–H groups in total. The Kier molecular flexibility index (Phi) is 4.80. The first kappa shape index (κ1) is 13.8. The smallest absolute Gasteiger partial charge is 0.383 e. The van der Waals surface area contributed by atoms with Crippen molar-refractivity contribution in [3.63, 3.8) is 0 Å². The highest BCUT2D eigenvalue weighted by molar-refractivity contribution is 5.27. The van der Waals surface area contributed by atoms with E-state index in [1.807, 2.05) is 6.92 Å². The van der Waals surface area contributed by atoms with Gasteiger partial charge in [-0.2, -0.15) is 13.2 Å². The highest BCUT2D eigenvalue weighted by atomic mass is 19.4. The fourth-order valence-electron chi connectivity index (χ4n) is 1.39. The molecule has 1 aromatic rings. The van der Waals surface area contributed by atoms with Gasteiger partial charge in [-0.25, -0.2) is 4.98 Å². The third-order valence-electron chi connectivity index (χ3n) is 2.14. The molecule has 0 fully saturated rings. The lowest BCUT2D eigenvalue weighted by Crippen LogP contribution is -2.23. The fraction of sp³-hybridized carbons (Fsp3) is 0.700. The molecule has 0 aliphatic heterocycles. The number of hydrogen-bond donors (Lipinski definition) is 1. The van der Waals surface area contributed by atoms with Crippen molar-refractivity contribution in [2.75, 3.05) is 19.0 Å². The molecule has 0 spiro atoms. The second-order valence-corrected chi connectivity index (χ2v) is 3.81. The molecule has 17 heavy (non-hydrogen) atoms. The summed E-state index contributed by atoms with van der Waals surface area (Å²) in [5.41, 5.74) is 0. The Morgan fingerprint density at radius 2 is 2.24 bits per heavy atom. The van der Waals surface area contributed by atoms with E-state index in [9.17, 15) is 13.2 Å². The van der Waals surface area contributed by atoms with Crippen molar-refractivity contribution in [3.8, 4) is 0 Å².